The van der Waals surface area contributed by atoms with E-state index in [0.29, 0.717) is 35.3 Å². The van der Waals surface area contributed by atoms with Crippen LogP contribution in [0.2, 0.25) is 0 Å². The van der Waals surface area contributed by atoms with Crippen LogP contribution in [0.25, 0.3) is 0 Å². The van der Waals surface area contributed by atoms with Crippen LogP contribution in [0.4, 0.5) is 0 Å². The molecule has 7 heteroatoms. The number of carbonyl (C=O) groups is 1. The average Bonchev–Trinajstić information content (AvgIpc) is 3.08. The maximum absolute atomic E-state index is 12.8. The van der Waals surface area contributed by atoms with Crippen LogP contribution in [0, 0.1) is 19.8 Å². The van der Waals surface area contributed by atoms with Crippen LogP contribution in [-0.4, -0.2) is 51.8 Å². The number of furan rings is 1. The summed E-state index contributed by atoms with van der Waals surface area (Å²) in [5, 5.41) is 3.06. The summed E-state index contributed by atoms with van der Waals surface area (Å²) >= 11 is 0. The molecule has 1 fully saturated rings. The number of carbonyl (C=O) groups excluding carboxylic acids is 1. The molecule has 164 valence electrons. The van der Waals surface area contributed by atoms with Crippen molar-refractivity contribution in [2.45, 2.75) is 33.2 Å². The first-order chi connectivity index (χ1) is 14.5. The SMILES string of the molecule is COc1ccc(C(=O)NCC2CCN(Cc3cc(C)oc3C)CC2)c(OC)c1OC. The van der Waals surface area contributed by atoms with Crippen molar-refractivity contribution in [2.24, 2.45) is 5.92 Å². The van der Waals surface area contributed by atoms with E-state index in [1.165, 1.54) is 19.8 Å². The lowest BCUT2D eigenvalue weighted by Gasteiger charge is -2.31. The van der Waals surface area contributed by atoms with Gasteiger partial charge in [-0.25, -0.2) is 0 Å². The first kappa shape index (κ1) is 22.0. The summed E-state index contributed by atoms with van der Waals surface area (Å²) in [4.78, 5) is 15.2. The summed E-state index contributed by atoms with van der Waals surface area (Å²) in [7, 11) is 4.60. The minimum absolute atomic E-state index is 0.167. The molecule has 0 unspecified atom stereocenters. The Kier molecular flexibility index (Phi) is 7.26. The lowest BCUT2D eigenvalue weighted by molar-refractivity contribution is 0.0931. The molecule has 1 aliphatic heterocycles. The van der Waals surface area contributed by atoms with Crippen molar-refractivity contribution in [3.05, 3.63) is 40.8 Å². The van der Waals surface area contributed by atoms with E-state index < -0.39 is 0 Å². The first-order valence-corrected chi connectivity index (χ1v) is 10.3. The number of hydrogen-bond donors (Lipinski definition) is 1. The number of rotatable bonds is 8. The number of aryl methyl sites for hydroxylation is 2. The molecule has 2 heterocycles. The summed E-state index contributed by atoms with van der Waals surface area (Å²) in [5.74, 6) is 3.60. The van der Waals surface area contributed by atoms with E-state index in [0.717, 1.165) is 44.0 Å². The number of likely N-dealkylation sites (tertiary alicyclic amines) is 1. The zero-order valence-electron chi connectivity index (χ0n) is 18.5. The fraction of sp³-hybridized carbons (Fsp3) is 0.522. The summed E-state index contributed by atoms with van der Waals surface area (Å²) in [6.45, 7) is 7.61. The third kappa shape index (κ3) is 4.90. The van der Waals surface area contributed by atoms with Crippen LogP contribution in [0.3, 0.4) is 0 Å². The van der Waals surface area contributed by atoms with Gasteiger partial charge in [-0.05, 0) is 63.9 Å². The largest absolute Gasteiger partial charge is 0.493 e. The maximum Gasteiger partial charge on any atom is 0.255 e. The predicted molar refractivity (Wildman–Crippen MR) is 115 cm³/mol. The second kappa shape index (κ2) is 9.89. The highest BCUT2D eigenvalue weighted by atomic mass is 16.5. The highest BCUT2D eigenvalue weighted by Gasteiger charge is 2.24. The Morgan fingerprint density at radius 2 is 1.80 bits per heavy atom. The van der Waals surface area contributed by atoms with E-state index >= 15 is 0 Å². The summed E-state index contributed by atoms with van der Waals surface area (Å²) in [5.41, 5.74) is 1.71. The van der Waals surface area contributed by atoms with Crippen LogP contribution in [0.15, 0.2) is 22.6 Å². The van der Waals surface area contributed by atoms with E-state index in [1.807, 2.05) is 13.8 Å². The van der Waals surface area contributed by atoms with Gasteiger partial charge in [-0.3, -0.25) is 9.69 Å². The van der Waals surface area contributed by atoms with Crippen molar-refractivity contribution in [2.75, 3.05) is 41.0 Å². The molecular formula is C23H32N2O5. The second-order valence-corrected chi connectivity index (χ2v) is 7.75. The Hall–Kier alpha value is -2.67. The van der Waals surface area contributed by atoms with E-state index in [-0.39, 0.29) is 5.91 Å². The highest BCUT2D eigenvalue weighted by Crippen LogP contribution is 2.39. The van der Waals surface area contributed by atoms with Crippen LogP contribution in [-0.2, 0) is 6.54 Å². The smallest absolute Gasteiger partial charge is 0.255 e. The van der Waals surface area contributed by atoms with E-state index in [1.54, 1.807) is 19.2 Å². The number of hydrogen-bond acceptors (Lipinski definition) is 6. The van der Waals surface area contributed by atoms with E-state index in [2.05, 4.69) is 16.3 Å². The molecule has 0 saturated carbocycles. The van der Waals surface area contributed by atoms with Crippen molar-refractivity contribution in [1.82, 2.24) is 10.2 Å². The van der Waals surface area contributed by atoms with Gasteiger partial charge in [0.05, 0.1) is 26.9 Å². The number of ether oxygens (including phenoxy) is 3. The normalized spacial score (nSPS) is 15.1. The van der Waals surface area contributed by atoms with Gasteiger partial charge in [0, 0.05) is 18.7 Å². The summed E-state index contributed by atoms with van der Waals surface area (Å²) in [6, 6.07) is 5.54. The number of nitrogens with zero attached hydrogens (tertiary/aromatic N) is 1. The Bertz CT molecular complexity index is 869. The molecule has 1 saturated heterocycles. The third-order valence-corrected chi connectivity index (χ3v) is 5.74. The van der Waals surface area contributed by atoms with Crippen LogP contribution < -0.4 is 19.5 Å². The third-order valence-electron chi connectivity index (χ3n) is 5.74. The fourth-order valence-electron chi connectivity index (χ4n) is 4.04. The molecule has 0 spiro atoms. The molecule has 30 heavy (non-hydrogen) atoms. The van der Waals surface area contributed by atoms with Crippen LogP contribution >= 0.6 is 0 Å². The van der Waals surface area contributed by atoms with E-state index in [9.17, 15) is 4.79 Å². The number of amides is 1. The lowest BCUT2D eigenvalue weighted by Crippen LogP contribution is -2.38. The molecule has 2 aromatic rings. The molecule has 1 aromatic heterocycles. The zero-order chi connectivity index (χ0) is 21.7. The monoisotopic (exact) mass is 416 g/mol. The Morgan fingerprint density at radius 1 is 1.10 bits per heavy atom. The first-order valence-electron chi connectivity index (χ1n) is 10.3. The molecule has 0 radical (unpaired) electrons. The molecule has 3 rings (SSSR count). The molecule has 0 aliphatic carbocycles. The number of piperidine rings is 1. The number of benzene rings is 1. The zero-order valence-corrected chi connectivity index (χ0v) is 18.5. The Labute approximate surface area is 178 Å². The number of nitrogens with one attached hydrogen (secondary N) is 1. The van der Waals surface area contributed by atoms with Gasteiger partial charge in [0.2, 0.25) is 5.75 Å². The molecule has 1 aliphatic rings. The minimum atomic E-state index is -0.167. The molecule has 7 nitrogen and oxygen atoms in total. The Balaban J connectivity index is 1.53. The summed E-state index contributed by atoms with van der Waals surface area (Å²) < 4.78 is 21.7. The average molecular weight is 417 g/mol. The number of methoxy groups -OCH3 is 3. The van der Waals surface area contributed by atoms with Gasteiger partial charge >= 0.3 is 0 Å². The minimum Gasteiger partial charge on any atom is -0.493 e. The van der Waals surface area contributed by atoms with Crippen molar-refractivity contribution >= 4 is 5.91 Å². The van der Waals surface area contributed by atoms with Gasteiger partial charge in [0.15, 0.2) is 11.5 Å². The van der Waals surface area contributed by atoms with E-state index in [4.69, 9.17) is 18.6 Å². The standard InChI is InChI=1S/C23H32N2O5/c1-15-12-18(16(2)30-15)14-25-10-8-17(9-11-25)13-24-23(26)19-6-7-20(27-3)22(29-5)21(19)28-4/h6-7,12,17H,8-11,13-14H2,1-5H3,(H,24,26). The molecule has 1 N–H and O–H groups in total. The van der Waals surface area contributed by atoms with Gasteiger partial charge in [-0.2, -0.15) is 0 Å². The molecule has 1 amide bonds. The van der Waals surface area contributed by atoms with Gasteiger partial charge in [0.25, 0.3) is 5.91 Å². The molecule has 0 bridgehead atoms. The van der Waals surface area contributed by atoms with Crippen LogP contribution in [0.1, 0.15) is 40.3 Å². The van der Waals surface area contributed by atoms with Crippen molar-refractivity contribution in [3.63, 3.8) is 0 Å². The van der Waals surface area contributed by atoms with Crippen molar-refractivity contribution < 1.29 is 23.4 Å². The summed E-state index contributed by atoms with van der Waals surface area (Å²) in [6.07, 6.45) is 2.11. The second-order valence-electron chi connectivity index (χ2n) is 7.75. The topological polar surface area (TPSA) is 73.2 Å². The highest BCUT2D eigenvalue weighted by molar-refractivity contribution is 5.98. The maximum atomic E-state index is 12.8. The van der Waals surface area contributed by atoms with Crippen LogP contribution in [0.5, 0.6) is 17.2 Å². The van der Waals surface area contributed by atoms with Gasteiger partial charge in [-0.1, -0.05) is 0 Å². The quantitative estimate of drug-likeness (QED) is 0.709. The molecule has 0 atom stereocenters. The van der Waals surface area contributed by atoms with Gasteiger partial charge < -0.3 is 23.9 Å². The lowest BCUT2D eigenvalue weighted by atomic mass is 9.96. The molecular weight excluding hydrogens is 384 g/mol. The van der Waals surface area contributed by atoms with Crippen molar-refractivity contribution in [3.8, 4) is 17.2 Å². The Morgan fingerprint density at radius 3 is 2.37 bits per heavy atom. The van der Waals surface area contributed by atoms with Crippen molar-refractivity contribution in [1.29, 1.82) is 0 Å². The van der Waals surface area contributed by atoms with Gasteiger partial charge in [0.1, 0.15) is 11.5 Å². The predicted octanol–water partition coefficient (Wildman–Crippen LogP) is 3.56. The fourth-order valence-corrected chi connectivity index (χ4v) is 4.04. The van der Waals surface area contributed by atoms with Gasteiger partial charge in [-0.15, -0.1) is 0 Å². The molecule has 1 aromatic carbocycles.